The van der Waals surface area contributed by atoms with Gasteiger partial charge in [0, 0.05) is 17.5 Å². The maximum Gasteiger partial charge on any atom is 0.206 e. The molecule has 5 nitrogen and oxygen atoms in total. The van der Waals surface area contributed by atoms with Gasteiger partial charge < -0.3 is 4.98 Å². The fraction of sp³-hybridized carbons (Fsp3) is 0.190. The van der Waals surface area contributed by atoms with E-state index in [1.54, 1.807) is 48.5 Å². The van der Waals surface area contributed by atoms with Crippen molar-refractivity contribution >= 4 is 21.2 Å². The summed E-state index contributed by atoms with van der Waals surface area (Å²) in [5, 5.41) is 4.42. The molecule has 0 unspecified atom stereocenters. The summed E-state index contributed by atoms with van der Waals surface area (Å²) in [6.45, 7) is 7.90. The van der Waals surface area contributed by atoms with Gasteiger partial charge in [-0.05, 0) is 69.7 Å². The average molecular weight is 382 g/mol. The highest BCUT2D eigenvalue weighted by Gasteiger charge is 2.17. The first kappa shape index (κ1) is 18.9. The highest BCUT2D eigenvalue weighted by atomic mass is 32.2. The van der Waals surface area contributed by atoms with Crippen molar-refractivity contribution in [2.75, 3.05) is 5.43 Å². The molecule has 0 amide bonds. The molecule has 0 bridgehead atoms. The number of sulfone groups is 1. The fourth-order valence-corrected chi connectivity index (χ4v) is 4.24. The number of aromatic amines is 1. The van der Waals surface area contributed by atoms with E-state index >= 15 is 0 Å². The zero-order valence-electron chi connectivity index (χ0n) is 15.9. The molecule has 3 aromatic rings. The van der Waals surface area contributed by atoms with Crippen molar-refractivity contribution in [3.63, 3.8) is 0 Å². The van der Waals surface area contributed by atoms with Crippen LogP contribution in [-0.2, 0) is 9.84 Å². The van der Waals surface area contributed by atoms with Crippen LogP contribution in [0, 0.1) is 20.8 Å². The second-order valence-electron chi connectivity index (χ2n) is 6.62. The number of hydrogen-bond acceptors (Lipinski definition) is 4. The lowest BCUT2D eigenvalue weighted by molar-refractivity contribution is 0.596. The van der Waals surface area contributed by atoms with E-state index in [0.29, 0.717) is 4.90 Å². The molecule has 27 heavy (non-hydrogen) atoms. The lowest BCUT2D eigenvalue weighted by Crippen LogP contribution is -2.03. The van der Waals surface area contributed by atoms with E-state index < -0.39 is 9.84 Å². The van der Waals surface area contributed by atoms with Crippen LogP contribution >= 0.6 is 0 Å². The molecule has 1 aromatic heterocycles. The van der Waals surface area contributed by atoms with Crippen LogP contribution in [0.15, 0.2) is 69.6 Å². The van der Waals surface area contributed by atoms with Gasteiger partial charge in [-0.25, -0.2) is 8.42 Å². The molecule has 0 fully saturated rings. The Kier molecular flexibility index (Phi) is 5.19. The Balaban J connectivity index is 1.79. The van der Waals surface area contributed by atoms with Crippen molar-refractivity contribution in [3.8, 4) is 0 Å². The van der Waals surface area contributed by atoms with Crippen LogP contribution in [-0.4, -0.2) is 19.1 Å². The number of benzene rings is 2. The summed E-state index contributed by atoms with van der Waals surface area (Å²) >= 11 is 0. The molecule has 0 aliphatic heterocycles. The van der Waals surface area contributed by atoms with Gasteiger partial charge in [-0.1, -0.05) is 17.7 Å². The van der Waals surface area contributed by atoms with Crippen molar-refractivity contribution in [3.05, 3.63) is 77.1 Å². The van der Waals surface area contributed by atoms with E-state index in [-0.39, 0.29) is 4.90 Å². The van der Waals surface area contributed by atoms with E-state index in [0.717, 1.165) is 33.8 Å². The van der Waals surface area contributed by atoms with Gasteiger partial charge in [-0.2, -0.15) is 5.10 Å². The SMILES string of the molecule is C/C(=N\Nc1ccc(S(=O)(=O)c2ccc(C)cc2)cc1)c1c(C)c[nH]c1C. The molecule has 1 heterocycles. The van der Waals surface area contributed by atoms with Crippen molar-refractivity contribution in [1.82, 2.24) is 4.98 Å². The molecular formula is C21H23N3O2S. The average Bonchev–Trinajstić information content (AvgIpc) is 2.99. The van der Waals surface area contributed by atoms with Crippen LogP contribution in [0.3, 0.4) is 0 Å². The summed E-state index contributed by atoms with van der Waals surface area (Å²) < 4.78 is 25.4. The van der Waals surface area contributed by atoms with E-state index in [2.05, 4.69) is 15.5 Å². The van der Waals surface area contributed by atoms with E-state index in [1.807, 2.05) is 33.9 Å². The summed E-state index contributed by atoms with van der Waals surface area (Å²) in [5.41, 5.74) is 8.89. The number of rotatable bonds is 5. The maximum absolute atomic E-state index is 12.7. The topological polar surface area (TPSA) is 74.3 Å². The summed E-state index contributed by atoms with van der Waals surface area (Å²) in [6, 6.07) is 13.5. The van der Waals surface area contributed by atoms with Gasteiger partial charge in [0.05, 0.1) is 21.2 Å². The number of H-pyrrole nitrogens is 1. The lowest BCUT2D eigenvalue weighted by atomic mass is 10.1. The van der Waals surface area contributed by atoms with Crippen LogP contribution in [0.2, 0.25) is 0 Å². The molecule has 6 heteroatoms. The fourth-order valence-electron chi connectivity index (χ4n) is 2.98. The third-order valence-corrected chi connectivity index (χ3v) is 6.27. The Bertz CT molecular complexity index is 1060. The second-order valence-corrected chi connectivity index (χ2v) is 8.57. The largest absolute Gasteiger partial charge is 0.364 e. The Morgan fingerprint density at radius 3 is 2.00 bits per heavy atom. The number of aromatic nitrogens is 1. The summed E-state index contributed by atoms with van der Waals surface area (Å²) in [6.07, 6.45) is 1.95. The molecule has 3 rings (SSSR count). The zero-order valence-corrected chi connectivity index (χ0v) is 16.7. The summed E-state index contributed by atoms with van der Waals surface area (Å²) in [7, 11) is -3.52. The molecule has 0 radical (unpaired) electrons. The Morgan fingerprint density at radius 1 is 0.926 bits per heavy atom. The van der Waals surface area contributed by atoms with Gasteiger partial charge >= 0.3 is 0 Å². The minimum Gasteiger partial charge on any atom is -0.364 e. The monoisotopic (exact) mass is 381 g/mol. The number of hydrazone groups is 1. The first-order valence-corrected chi connectivity index (χ1v) is 10.1. The zero-order chi connectivity index (χ0) is 19.6. The highest BCUT2D eigenvalue weighted by molar-refractivity contribution is 7.91. The van der Waals surface area contributed by atoms with Crippen LogP contribution < -0.4 is 5.43 Å². The quantitative estimate of drug-likeness (QED) is 0.501. The van der Waals surface area contributed by atoms with Gasteiger partial charge in [0.25, 0.3) is 0 Å². The number of aryl methyl sites for hydroxylation is 3. The molecule has 0 atom stereocenters. The normalized spacial score (nSPS) is 12.2. The minimum absolute atomic E-state index is 0.259. The number of anilines is 1. The van der Waals surface area contributed by atoms with Crippen molar-refractivity contribution in [2.45, 2.75) is 37.5 Å². The molecule has 0 saturated heterocycles. The predicted molar refractivity (Wildman–Crippen MR) is 109 cm³/mol. The summed E-state index contributed by atoms with van der Waals surface area (Å²) in [5.74, 6) is 0. The van der Waals surface area contributed by atoms with Crippen molar-refractivity contribution in [1.29, 1.82) is 0 Å². The van der Waals surface area contributed by atoms with Crippen LogP contribution in [0.25, 0.3) is 0 Å². The number of nitrogens with zero attached hydrogens (tertiary/aromatic N) is 1. The van der Waals surface area contributed by atoms with Crippen LogP contribution in [0.1, 0.15) is 29.3 Å². The van der Waals surface area contributed by atoms with Crippen molar-refractivity contribution in [2.24, 2.45) is 5.10 Å². The highest BCUT2D eigenvalue weighted by Crippen LogP contribution is 2.23. The minimum atomic E-state index is -3.52. The Labute approximate surface area is 160 Å². The van der Waals surface area contributed by atoms with Crippen molar-refractivity contribution < 1.29 is 8.42 Å². The molecule has 140 valence electrons. The van der Waals surface area contributed by atoms with Gasteiger partial charge in [0.15, 0.2) is 0 Å². The lowest BCUT2D eigenvalue weighted by Gasteiger charge is -2.07. The van der Waals surface area contributed by atoms with Gasteiger partial charge in [-0.3, -0.25) is 5.43 Å². The third-order valence-electron chi connectivity index (χ3n) is 4.48. The van der Waals surface area contributed by atoms with E-state index in [1.165, 1.54) is 0 Å². The third kappa shape index (κ3) is 3.95. The van der Waals surface area contributed by atoms with Gasteiger partial charge in [0.2, 0.25) is 9.84 Å². The Morgan fingerprint density at radius 2 is 1.48 bits per heavy atom. The summed E-state index contributed by atoms with van der Waals surface area (Å²) in [4.78, 5) is 3.74. The molecular weight excluding hydrogens is 358 g/mol. The van der Waals surface area contributed by atoms with E-state index in [4.69, 9.17) is 0 Å². The maximum atomic E-state index is 12.7. The molecule has 0 aliphatic rings. The van der Waals surface area contributed by atoms with Crippen LogP contribution in [0.5, 0.6) is 0 Å². The number of hydrogen-bond donors (Lipinski definition) is 2. The first-order chi connectivity index (χ1) is 12.8. The molecule has 0 spiro atoms. The number of nitrogens with one attached hydrogen (secondary N) is 2. The standard InChI is InChI=1S/C21H23N3O2S/c1-14-5-9-19(10-6-14)27(25,26)20-11-7-18(8-12-20)24-23-17(4)21-15(2)13-22-16(21)3/h5-13,22,24H,1-4H3/b23-17+. The van der Waals surface area contributed by atoms with Crippen LogP contribution in [0.4, 0.5) is 5.69 Å². The Hall–Kier alpha value is -2.86. The predicted octanol–water partition coefficient (Wildman–Crippen LogP) is 4.61. The van der Waals surface area contributed by atoms with Gasteiger partial charge in [-0.15, -0.1) is 0 Å². The molecule has 0 saturated carbocycles. The molecule has 2 N–H and O–H groups in total. The first-order valence-electron chi connectivity index (χ1n) is 8.66. The van der Waals surface area contributed by atoms with Gasteiger partial charge in [0.1, 0.15) is 0 Å². The van der Waals surface area contributed by atoms with E-state index in [9.17, 15) is 8.42 Å². The smallest absolute Gasteiger partial charge is 0.206 e. The molecule has 0 aliphatic carbocycles. The second kappa shape index (κ2) is 7.40. The molecule has 2 aromatic carbocycles.